The van der Waals surface area contributed by atoms with E-state index >= 15 is 0 Å². The summed E-state index contributed by atoms with van der Waals surface area (Å²) in [4.78, 5) is 24.1. The number of rotatable bonds is 5. The molecule has 0 radical (unpaired) electrons. The number of carbonyl (C=O) groups excluding carboxylic acids is 2. The molecule has 3 heteroatoms. The topological polar surface area (TPSA) is 43.4 Å². The Bertz CT molecular complexity index is 490. The fourth-order valence-corrected chi connectivity index (χ4v) is 5.29. The molecule has 0 saturated carbocycles. The van der Waals surface area contributed by atoms with Gasteiger partial charge in [-0.1, -0.05) is 75.7 Å². The van der Waals surface area contributed by atoms with Crippen LogP contribution in [0.2, 0.25) is 0 Å². The zero-order valence-corrected chi connectivity index (χ0v) is 17.5. The molecule has 0 amide bonds. The van der Waals surface area contributed by atoms with Gasteiger partial charge in [-0.3, -0.25) is 9.59 Å². The van der Waals surface area contributed by atoms with Crippen molar-refractivity contribution in [1.29, 1.82) is 0 Å². The molecule has 1 heterocycles. The second-order valence-electron chi connectivity index (χ2n) is 10.8. The lowest BCUT2D eigenvalue weighted by molar-refractivity contribution is -0.157. The Kier molecular flexibility index (Phi) is 5.70. The maximum atomic E-state index is 12.4. The summed E-state index contributed by atoms with van der Waals surface area (Å²) < 4.78 is 4.91. The van der Waals surface area contributed by atoms with Crippen molar-refractivity contribution in [2.24, 2.45) is 33.5 Å². The minimum Gasteiger partial charge on any atom is -0.393 e. The number of ether oxygens (including phenoxy) is 1. The van der Waals surface area contributed by atoms with E-state index in [-0.39, 0.29) is 51.9 Å². The van der Waals surface area contributed by atoms with Gasteiger partial charge in [-0.15, -0.1) is 0 Å². The predicted molar refractivity (Wildman–Crippen MR) is 98.4 cm³/mol. The van der Waals surface area contributed by atoms with Crippen molar-refractivity contribution in [2.75, 3.05) is 0 Å². The third kappa shape index (κ3) is 4.21. The monoisotopic (exact) mass is 338 g/mol. The van der Waals surface area contributed by atoms with Crippen molar-refractivity contribution >= 4 is 11.9 Å². The molecule has 0 spiro atoms. The van der Waals surface area contributed by atoms with Crippen molar-refractivity contribution < 1.29 is 14.3 Å². The molecule has 0 aromatic carbocycles. The van der Waals surface area contributed by atoms with E-state index in [9.17, 15) is 9.59 Å². The van der Waals surface area contributed by atoms with Gasteiger partial charge in [0.25, 0.3) is 0 Å². The van der Waals surface area contributed by atoms with E-state index in [0.29, 0.717) is 0 Å². The lowest BCUT2D eigenvalue weighted by atomic mass is 9.48. The third-order valence-electron chi connectivity index (χ3n) is 6.27. The largest absolute Gasteiger partial charge is 0.393 e. The van der Waals surface area contributed by atoms with E-state index in [2.05, 4.69) is 69.2 Å². The highest BCUT2D eigenvalue weighted by Crippen LogP contribution is 2.59. The number of cyclic esters (lactones) is 2. The highest BCUT2D eigenvalue weighted by Gasteiger charge is 2.56. The van der Waals surface area contributed by atoms with E-state index in [1.54, 1.807) is 0 Å². The van der Waals surface area contributed by atoms with Gasteiger partial charge in [0, 0.05) is 0 Å². The summed E-state index contributed by atoms with van der Waals surface area (Å²) in [6.45, 7) is 22.5. The van der Waals surface area contributed by atoms with Gasteiger partial charge in [-0.05, 0) is 34.0 Å². The molecule has 3 atom stereocenters. The van der Waals surface area contributed by atoms with E-state index in [1.807, 2.05) is 0 Å². The zero-order valence-electron chi connectivity index (χ0n) is 17.5. The van der Waals surface area contributed by atoms with Gasteiger partial charge < -0.3 is 4.74 Å². The lowest BCUT2D eigenvalue weighted by Crippen LogP contribution is -2.51. The van der Waals surface area contributed by atoms with Crippen LogP contribution >= 0.6 is 0 Å². The van der Waals surface area contributed by atoms with Crippen LogP contribution in [0.1, 0.15) is 88.5 Å². The third-order valence-corrected chi connectivity index (χ3v) is 6.27. The number of hydrogen-bond donors (Lipinski definition) is 0. The molecule has 0 aliphatic carbocycles. The molecular weight excluding hydrogens is 300 g/mol. The summed E-state index contributed by atoms with van der Waals surface area (Å²) in [6.07, 6.45) is 2.34. The van der Waals surface area contributed by atoms with Crippen molar-refractivity contribution in [3.05, 3.63) is 0 Å². The van der Waals surface area contributed by atoms with Gasteiger partial charge >= 0.3 is 11.9 Å². The Morgan fingerprint density at radius 2 is 1.50 bits per heavy atom. The molecule has 3 unspecified atom stereocenters. The first-order valence-corrected chi connectivity index (χ1v) is 9.30. The van der Waals surface area contributed by atoms with Gasteiger partial charge in [0.15, 0.2) is 0 Å². The molecule has 1 rings (SSSR count). The van der Waals surface area contributed by atoms with Crippen LogP contribution < -0.4 is 0 Å². The number of esters is 2. The summed E-state index contributed by atoms with van der Waals surface area (Å²) in [6, 6.07) is 0. The first-order valence-electron chi connectivity index (χ1n) is 9.30. The van der Waals surface area contributed by atoms with Crippen LogP contribution in [-0.4, -0.2) is 11.9 Å². The molecule has 1 aliphatic rings. The number of carbonyl (C=O) groups is 2. The molecule has 140 valence electrons. The van der Waals surface area contributed by atoms with Crippen LogP contribution in [0, 0.1) is 33.5 Å². The van der Waals surface area contributed by atoms with Crippen molar-refractivity contribution in [2.45, 2.75) is 88.5 Å². The Hall–Kier alpha value is -0.860. The molecule has 0 aromatic heterocycles. The Morgan fingerprint density at radius 3 is 1.79 bits per heavy atom. The van der Waals surface area contributed by atoms with Crippen LogP contribution in [0.25, 0.3) is 0 Å². The smallest absolute Gasteiger partial charge is 0.317 e. The highest BCUT2D eigenvalue weighted by molar-refractivity contribution is 5.94. The van der Waals surface area contributed by atoms with Crippen molar-refractivity contribution in [3.8, 4) is 0 Å². The molecule has 24 heavy (non-hydrogen) atoms. The van der Waals surface area contributed by atoms with Crippen molar-refractivity contribution in [3.63, 3.8) is 0 Å². The first kappa shape index (κ1) is 21.2. The Labute approximate surface area is 148 Å². The van der Waals surface area contributed by atoms with Gasteiger partial charge in [0.2, 0.25) is 0 Å². The quantitative estimate of drug-likeness (QED) is 0.483. The Morgan fingerprint density at radius 1 is 1.00 bits per heavy atom. The molecule has 1 fully saturated rings. The van der Waals surface area contributed by atoms with E-state index in [4.69, 9.17) is 4.74 Å². The van der Waals surface area contributed by atoms with E-state index in [1.165, 1.54) is 0 Å². The average Bonchev–Trinajstić information content (AvgIpc) is 2.63. The second kappa shape index (κ2) is 6.46. The fourth-order valence-electron chi connectivity index (χ4n) is 5.29. The SMILES string of the molecule is CCC(C)(CC(C)(C)C)C(C)(C)C(C1CC(=O)OC1=O)C(C)(C)C. The molecule has 0 bridgehead atoms. The van der Waals surface area contributed by atoms with Gasteiger partial charge in [0.05, 0.1) is 12.3 Å². The molecular formula is C21H38O3. The van der Waals surface area contributed by atoms with Crippen LogP contribution in [0.15, 0.2) is 0 Å². The molecule has 0 N–H and O–H groups in total. The molecule has 3 nitrogen and oxygen atoms in total. The maximum Gasteiger partial charge on any atom is 0.317 e. The van der Waals surface area contributed by atoms with Crippen molar-refractivity contribution in [1.82, 2.24) is 0 Å². The zero-order chi connectivity index (χ0) is 19.1. The summed E-state index contributed by atoms with van der Waals surface area (Å²) in [5, 5.41) is 0. The van der Waals surface area contributed by atoms with Crippen LogP contribution in [0.4, 0.5) is 0 Å². The van der Waals surface area contributed by atoms with E-state index < -0.39 is 0 Å². The Balaban J connectivity index is 3.39. The van der Waals surface area contributed by atoms with Crippen LogP contribution in [0.5, 0.6) is 0 Å². The minimum absolute atomic E-state index is 0.0646. The second-order valence-corrected chi connectivity index (χ2v) is 10.8. The summed E-state index contributed by atoms with van der Waals surface area (Å²) >= 11 is 0. The normalized spacial score (nSPS) is 23.8. The van der Waals surface area contributed by atoms with Crippen LogP contribution in [0.3, 0.4) is 0 Å². The molecule has 1 saturated heterocycles. The fraction of sp³-hybridized carbons (Fsp3) is 0.905. The predicted octanol–water partition coefficient (Wildman–Crippen LogP) is 5.62. The highest BCUT2D eigenvalue weighted by atomic mass is 16.6. The summed E-state index contributed by atoms with van der Waals surface area (Å²) in [5.41, 5.74) is 0.0687. The lowest BCUT2D eigenvalue weighted by Gasteiger charge is -2.56. The molecule has 1 aliphatic heterocycles. The van der Waals surface area contributed by atoms with Gasteiger partial charge in [-0.2, -0.15) is 0 Å². The number of hydrogen-bond acceptors (Lipinski definition) is 3. The van der Waals surface area contributed by atoms with E-state index in [0.717, 1.165) is 12.8 Å². The average molecular weight is 339 g/mol. The van der Waals surface area contributed by atoms with Gasteiger partial charge in [0.1, 0.15) is 0 Å². The standard InChI is InChI=1S/C21H38O3/c1-11-21(10,13-18(2,3)4)20(8,9)16(19(5,6)7)14-12-15(22)24-17(14)23/h14,16H,11-13H2,1-10H3. The molecule has 0 aromatic rings. The first-order chi connectivity index (χ1) is 10.5. The summed E-state index contributed by atoms with van der Waals surface area (Å²) in [7, 11) is 0. The van der Waals surface area contributed by atoms with Gasteiger partial charge in [-0.25, -0.2) is 0 Å². The minimum atomic E-state index is -0.371. The maximum absolute atomic E-state index is 12.4. The van der Waals surface area contributed by atoms with Crippen LogP contribution in [-0.2, 0) is 14.3 Å². The summed E-state index contributed by atoms with van der Waals surface area (Å²) in [5.74, 6) is -0.958.